The van der Waals surface area contributed by atoms with Crippen molar-refractivity contribution < 1.29 is 14.0 Å². The van der Waals surface area contributed by atoms with Gasteiger partial charge in [0.15, 0.2) is 11.7 Å². The van der Waals surface area contributed by atoms with E-state index < -0.39 is 0 Å². The van der Waals surface area contributed by atoms with Crippen LogP contribution in [-0.4, -0.2) is 37.0 Å². The molecule has 176 valence electrons. The summed E-state index contributed by atoms with van der Waals surface area (Å²) in [5.41, 5.74) is 3.37. The SMILES string of the molecule is CCNC(=NCc1cccc(COC2CCOCC2)c1)NCc1cc(C(CC)CC)no1. The lowest BCUT2D eigenvalue weighted by atomic mass is 9.99. The lowest BCUT2D eigenvalue weighted by molar-refractivity contribution is -0.0390. The molecule has 0 radical (unpaired) electrons. The van der Waals surface area contributed by atoms with Gasteiger partial charge >= 0.3 is 0 Å². The highest BCUT2D eigenvalue weighted by Gasteiger charge is 2.14. The number of hydrogen-bond acceptors (Lipinski definition) is 5. The van der Waals surface area contributed by atoms with Crippen LogP contribution < -0.4 is 10.6 Å². The molecular formula is C25H38N4O3. The Balaban J connectivity index is 1.53. The van der Waals surface area contributed by atoms with Crippen LogP contribution in [0.4, 0.5) is 0 Å². The van der Waals surface area contributed by atoms with Crippen LogP contribution in [0.5, 0.6) is 0 Å². The molecule has 1 aromatic heterocycles. The van der Waals surface area contributed by atoms with Crippen molar-refractivity contribution in [2.45, 2.75) is 78.2 Å². The molecule has 7 nitrogen and oxygen atoms in total. The molecule has 32 heavy (non-hydrogen) atoms. The molecule has 1 aliphatic rings. The average Bonchev–Trinajstić information content (AvgIpc) is 3.30. The summed E-state index contributed by atoms with van der Waals surface area (Å²) >= 11 is 0. The second-order valence-electron chi connectivity index (χ2n) is 8.22. The van der Waals surface area contributed by atoms with Gasteiger partial charge in [-0.15, -0.1) is 0 Å². The van der Waals surface area contributed by atoms with Crippen LogP contribution in [0.25, 0.3) is 0 Å². The van der Waals surface area contributed by atoms with Crippen LogP contribution in [0.15, 0.2) is 39.8 Å². The molecular weight excluding hydrogens is 404 g/mol. The van der Waals surface area contributed by atoms with Crippen LogP contribution in [0.1, 0.15) is 75.0 Å². The molecule has 0 atom stereocenters. The van der Waals surface area contributed by atoms with E-state index in [1.807, 2.05) is 0 Å². The van der Waals surface area contributed by atoms with Crippen molar-refractivity contribution in [1.82, 2.24) is 15.8 Å². The quantitative estimate of drug-likeness (QED) is 0.393. The standard InChI is InChI=1S/C25H38N4O3/c1-4-21(5-2)24-15-23(32-29-24)17-28-25(26-6-3)27-16-19-8-7-9-20(14-19)18-31-22-10-12-30-13-11-22/h7-9,14-15,21-22H,4-6,10-13,16-18H2,1-3H3,(H2,26,27,28). The number of guanidine groups is 1. The van der Waals surface area contributed by atoms with Gasteiger partial charge in [0, 0.05) is 31.7 Å². The van der Waals surface area contributed by atoms with E-state index in [-0.39, 0.29) is 0 Å². The molecule has 0 unspecified atom stereocenters. The fourth-order valence-corrected chi connectivity index (χ4v) is 3.87. The zero-order valence-corrected chi connectivity index (χ0v) is 19.7. The van der Waals surface area contributed by atoms with Crippen molar-refractivity contribution in [1.29, 1.82) is 0 Å². The molecule has 1 aliphatic heterocycles. The summed E-state index contributed by atoms with van der Waals surface area (Å²) in [7, 11) is 0. The highest BCUT2D eigenvalue weighted by atomic mass is 16.5. The first-order valence-electron chi connectivity index (χ1n) is 12.0. The monoisotopic (exact) mass is 442 g/mol. The van der Waals surface area contributed by atoms with Crippen molar-refractivity contribution in [3.63, 3.8) is 0 Å². The molecule has 2 heterocycles. The predicted octanol–water partition coefficient (Wildman–Crippen LogP) is 4.53. The minimum atomic E-state index is 0.302. The van der Waals surface area contributed by atoms with E-state index in [9.17, 15) is 0 Å². The van der Waals surface area contributed by atoms with Crippen LogP contribution in [0.2, 0.25) is 0 Å². The van der Waals surface area contributed by atoms with Crippen LogP contribution in [0.3, 0.4) is 0 Å². The van der Waals surface area contributed by atoms with E-state index in [1.165, 1.54) is 5.56 Å². The van der Waals surface area contributed by atoms with Gasteiger partial charge in [0.05, 0.1) is 31.5 Å². The third kappa shape index (κ3) is 7.64. The van der Waals surface area contributed by atoms with Crippen LogP contribution in [0, 0.1) is 0 Å². The van der Waals surface area contributed by atoms with E-state index in [1.54, 1.807) is 0 Å². The molecule has 0 aliphatic carbocycles. The number of benzene rings is 1. The molecule has 1 fully saturated rings. The molecule has 0 spiro atoms. The topological polar surface area (TPSA) is 80.9 Å². The first-order valence-corrected chi connectivity index (χ1v) is 12.0. The summed E-state index contributed by atoms with van der Waals surface area (Å²) in [6.07, 6.45) is 4.40. The summed E-state index contributed by atoms with van der Waals surface area (Å²) in [6.45, 7) is 10.6. The van der Waals surface area contributed by atoms with Crippen molar-refractivity contribution >= 4 is 5.96 Å². The molecule has 3 rings (SSSR count). The van der Waals surface area contributed by atoms with Crippen LogP contribution >= 0.6 is 0 Å². The summed E-state index contributed by atoms with van der Waals surface area (Å²) in [5, 5.41) is 10.9. The van der Waals surface area contributed by atoms with E-state index in [0.29, 0.717) is 31.7 Å². The maximum Gasteiger partial charge on any atom is 0.191 e. The van der Waals surface area contributed by atoms with E-state index >= 15 is 0 Å². The van der Waals surface area contributed by atoms with E-state index in [4.69, 9.17) is 19.0 Å². The first-order chi connectivity index (χ1) is 15.7. The maximum atomic E-state index is 6.05. The van der Waals surface area contributed by atoms with Gasteiger partial charge < -0.3 is 24.6 Å². The van der Waals surface area contributed by atoms with Gasteiger partial charge in [-0.1, -0.05) is 43.3 Å². The lowest BCUT2D eigenvalue weighted by Crippen LogP contribution is -2.36. The lowest BCUT2D eigenvalue weighted by Gasteiger charge is -2.22. The molecule has 0 bridgehead atoms. The van der Waals surface area contributed by atoms with Gasteiger partial charge in [0.2, 0.25) is 0 Å². The number of aromatic nitrogens is 1. The zero-order valence-electron chi connectivity index (χ0n) is 19.7. The Kier molecular flexibility index (Phi) is 10.0. The minimum Gasteiger partial charge on any atom is -0.381 e. The summed E-state index contributed by atoms with van der Waals surface area (Å²) < 4.78 is 17.0. The van der Waals surface area contributed by atoms with Gasteiger partial charge in [-0.25, -0.2) is 4.99 Å². The Bertz CT molecular complexity index is 826. The first kappa shape index (κ1) is 24.3. The predicted molar refractivity (Wildman–Crippen MR) is 127 cm³/mol. The number of hydrogen-bond donors (Lipinski definition) is 2. The molecule has 2 N–H and O–H groups in total. The highest BCUT2D eigenvalue weighted by Crippen LogP contribution is 2.22. The number of nitrogens with zero attached hydrogens (tertiary/aromatic N) is 2. The molecule has 1 aromatic carbocycles. The van der Waals surface area contributed by atoms with Gasteiger partial charge in [-0.05, 0) is 43.7 Å². The summed E-state index contributed by atoms with van der Waals surface area (Å²) in [4.78, 5) is 4.74. The third-order valence-corrected chi connectivity index (χ3v) is 5.82. The largest absolute Gasteiger partial charge is 0.381 e. The molecule has 0 amide bonds. The maximum absolute atomic E-state index is 6.05. The van der Waals surface area contributed by atoms with Gasteiger partial charge in [0.1, 0.15) is 0 Å². The average molecular weight is 443 g/mol. The fraction of sp³-hybridized carbons (Fsp3) is 0.600. The summed E-state index contributed by atoms with van der Waals surface area (Å²) in [5.74, 6) is 2.04. The van der Waals surface area contributed by atoms with Gasteiger partial charge in [-0.2, -0.15) is 0 Å². The van der Waals surface area contributed by atoms with Crippen molar-refractivity contribution in [2.24, 2.45) is 4.99 Å². The van der Waals surface area contributed by atoms with Gasteiger partial charge in [-0.3, -0.25) is 0 Å². The molecule has 0 saturated carbocycles. The molecule has 1 saturated heterocycles. The highest BCUT2D eigenvalue weighted by molar-refractivity contribution is 5.79. The number of rotatable bonds is 11. The number of nitrogens with one attached hydrogen (secondary N) is 2. The van der Waals surface area contributed by atoms with Crippen LogP contribution in [-0.2, 0) is 29.2 Å². The Morgan fingerprint density at radius 3 is 2.66 bits per heavy atom. The zero-order chi connectivity index (χ0) is 22.6. The van der Waals surface area contributed by atoms with E-state index in [2.05, 4.69) is 66.9 Å². The van der Waals surface area contributed by atoms with Crippen molar-refractivity contribution in [2.75, 3.05) is 19.8 Å². The van der Waals surface area contributed by atoms with Crippen molar-refractivity contribution in [3.05, 3.63) is 52.9 Å². The molecule has 7 heteroatoms. The fourth-order valence-electron chi connectivity index (χ4n) is 3.87. The number of aliphatic imine (C=N–C) groups is 1. The second-order valence-corrected chi connectivity index (χ2v) is 8.22. The van der Waals surface area contributed by atoms with Crippen molar-refractivity contribution in [3.8, 4) is 0 Å². The second kappa shape index (κ2) is 13.2. The van der Waals surface area contributed by atoms with E-state index in [0.717, 1.165) is 68.4 Å². The Hall–Kier alpha value is -2.38. The molecule has 2 aromatic rings. The Labute approximate surface area is 192 Å². The number of ether oxygens (including phenoxy) is 2. The summed E-state index contributed by atoms with van der Waals surface area (Å²) in [6, 6.07) is 10.5. The third-order valence-electron chi connectivity index (χ3n) is 5.82. The Morgan fingerprint density at radius 2 is 1.91 bits per heavy atom. The smallest absolute Gasteiger partial charge is 0.191 e. The normalized spacial score (nSPS) is 15.3. The van der Waals surface area contributed by atoms with Gasteiger partial charge in [0.25, 0.3) is 0 Å². The Morgan fingerprint density at radius 1 is 1.12 bits per heavy atom. The minimum absolute atomic E-state index is 0.302.